The van der Waals surface area contributed by atoms with Crippen LogP contribution >= 0.6 is 15.9 Å². The third-order valence-electron chi connectivity index (χ3n) is 5.67. The van der Waals surface area contributed by atoms with Crippen LogP contribution in [0.25, 0.3) is 49.4 Å². The number of benzene rings is 4. The van der Waals surface area contributed by atoms with Crippen LogP contribution in [-0.2, 0) is 0 Å². The maximum absolute atomic E-state index is 6.51. The minimum atomic E-state index is 0.938. The molecule has 2 heteroatoms. The molecule has 5 aromatic rings. The van der Waals surface area contributed by atoms with E-state index in [0.29, 0.717) is 0 Å². The first-order valence-corrected chi connectivity index (χ1v) is 11.9. The molecular weight excluding hydrogens is 456 g/mol. The zero-order chi connectivity index (χ0) is 22.7. The van der Waals surface area contributed by atoms with Crippen molar-refractivity contribution >= 4 is 54.2 Å². The van der Waals surface area contributed by atoms with E-state index in [2.05, 4.69) is 114 Å². The van der Waals surface area contributed by atoms with Gasteiger partial charge in [-0.25, -0.2) is 0 Å². The van der Waals surface area contributed by atoms with Crippen molar-refractivity contribution in [1.82, 2.24) is 0 Å². The normalized spacial score (nSPS) is 12.3. The van der Waals surface area contributed by atoms with Gasteiger partial charge >= 0.3 is 0 Å². The van der Waals surface area contributed by atoms with E-state index < -0.39 is 0 Å². The fraction of sp³-hybridized carbons (Fsp3) is 0.133. The highest BCUT2D eigenvalue weighted by molar-refractivity contribution is 9.12. The molecule has 0 bridgehead atoms. The molecule has 1 aromatic heterocycles. The summed E-state index contributed by atoms with van der Waals surface area (Å²) in [7, 11) is 0. The van der Waals surface area contributed by atoms with Crippen molar-refractivity contribution < 1.29 is 4.42 Å². The molecule has 160 valence electrons. The van der Waals surface area contributed by atoms with Gasteiger partial charge in [-0.05, 0) is 48.1 Å². The van der Waals surface area contributed by atoms with Crippen molar-refractivity contribution in [3.8, 4) is 11.1 Å². The second-order valence-corrected chi connectivity index (χ2v) is 8.22. The maximum Gasteiger partial charge on any atom is 0.143 e. The van der Waals surface area contributed by atoms with Crippen LogP contribution in [0.15, 0.2) is 99.9 Å². The number of hydrogen-bond donors (Lipinski definition) is 0. The van der Waals surface area contributed by atoms with Crippen LogP contribution in [0.4, 0.5) is 0 Å². The van der Waals surface area contributed by atoms with Crippen molar-refractivity contribution in [2.75, 3.05) is 0 Å². The maximum atomic E-state index is 6.51. The second-order valence-electron chi connectivity index (χ2n) is 7.37. The van der Waals surface area contributed by atoms with E-state index in [9.17, 15) is 0 Å². The number of allylic oxidation sites excluding steroid dienone is 4. The largest absolute Gasteiger partial charge is 0.455 e. The van der Waals surface area contributed by atoms with Gasteiger partial charge in [0, 0.05) is 26.2 Å². The number of fused-ring (bicyclic) bond motifs is 5. The quantitative estimate of drug-likeness (QED) is 0.233. The predicted molar refractivity (Wildman–Crippen MR) is 144 cm³/mol. The predicted octanol–water partition coefficient (Wildman–Crippen LogP) is 10.1. The Morgan fingerprint density at radius 2 is 1.44 bits per heavy atom. The van der Waals surface area contributed by atoms with Crippen LogP contribution < -0.4 is 0 Å². The van der Waals surface area contributed by atoms with Gasteiger partial charge in [-0.15, -0.1) is 0 Å². The van der Waals surface area contributed by atoms with Gasteiger partial charge in [0.1, 0.15) is 11.2 Å². The first-order chi connectivity index (χ1) is 15.7. The Balaban J connectivity index is 0.00000119. The van der Waals surface area contributed by atoms with Gasteiger partial charge in [-0.2, -0.15) is 0 Å². The summed E-state index contributed by atoms with van der Waals surface area (Å²) in [6.07, 6.45) is 4.21. The molecule has 5 rings (SSSR count). The van der Waals surface area contributed by atoms with Gasteiger partial charge in [-0.3, -0.25) is 0 Å². The molecule has 1 heterocycles. The molecule has 0 atom stereocenters. The number of rotatable bonds is 3. The number of hydrogen-bond acceptors (Lipinski definition) is 1. The van der Waals surface area contributed by atoms with Crippen molar-refractivity contribution in [2.45, 2.75) is 27.7 Å². The molecule has 0 saturated carbocycles. The molecule has 0 amide bonds. The molecule has 32 heavy (non-hydrogen) atoms. The monoisotopic (exact) mass is 482 g/mol. The van der Waals surface area contributed by atoms with E-state index in [1.165, 1.54) is 16.5 Å². The molecular formula is C30H27BrO. The van der Waals surface area contributed by atoms with Crippen LogP contribution in [-0.4, -0.2) is 0 Å². The number of para-hydroxylation sites is 1. The Bertz CT molecular complexity index is 1470. The van der Waals surface area contributed by atoms with E-state index in [1.807, 2.05) is 20.8 Å². The molecule has 1 nitrogen and oxygen atoms in total. The van der Waals surface area contributed by atoms with Crippen LogP contribution in [0, 0.1) is 0 Å². The SMILES string of the molecule is C/C=C(\C(Br)=C/C)c1cccc(-c2cccc3c2oc2c4ccccc4ccc32)c1.CC. The highest BCUT2D eigenvalue weighted by Crippen LogP contribution is 2.39. The summed E-state index contributed by atoms with van der Waals surface area (Å²) < 4.78 is 7.60. The van der Waals surface area contributed by atoms with Crippen LogP contribution in [0.2, 0.25) is 0 Å². The van der Waals surface area contributed by atoms with Crippen molar-refractivity contribution in [1.29, 1.82) is 0 Å². The molecule has 0 radical (unpaired) electrons. The lowest BCUT2D eigenvalue weighted by molar-refractivity contribution is 0.674. The molecule has 4 aromatic carbocycles. The Kier molecular flexibility index (Phi) is 6.62. The molecule has 0 unspecified atom stereocenters. The lowest BCUT2D eigenvalue weighted by Gasteiger charge is -2.09. The molecule has 0 N–H and O–H groups in total. The smallest absolute Gasteiger partial charge is 0.143 e. The molecule has 0 aliphatic rings. The average molecular weight is 483 g/mol. The Morgan fingerprint density at radius 1 is 0.719 bits per heavy atom. The Labute approximate surface area is 198 Å². The van der Waals surface area contributed by atoms with Crippen LogP contribution in [0.1, 0.15) is 33.3 Å². The summed E-state index contributed by atoms with van der Waals surface area (Å²) in [6.45, 7) is 8.11. The van der Waals surface area contributed by atoms with E-state index in [4.69, 9.17) is 4.42 Å². The second kappa shape index (κ2) is 9.58. The summed E-state index contributed by atoms with van der Waals surface area (Å²) in [5, 5.41) is 4.66. The standard InChI is InChI=1S/C28H21BrO.C2H6/c1-3-21(26(29)4-2)19-10-7-11-20(17-19)23-13-8-14-24-25-16-15-18-9-5-6-12-22(18)27(25)30-28(23)24;1-2/h3-17H,1-2H3;1-2H3/b21-3-,26-4+;. The van der Waals surface area contributed by atoms with E-state index in [1.54, 1.807) is 0 Å². The Hall–Kier alpha value is -3.10. The van der Waals surface area contributed by atoms with Crippen LogP contribution in [0.5, 0.6) is 0 Å². The van der Waals surface area contributed by atoms with Gasteiger partial charge < -0.3 is 4.42 Å². The molecule has 0 aliphatic heterocycles. The van der Waals surface area contributed by atoms with E-state index >= 15 is 0 Å². The van der Waals surface area contributed by atoms with Crippen molar-refractivity contribution in [3.63, 3.8) is 0 Å². The molecule has 0 spiro atoms. The number of furan rings is 1. The third kappa shape index (κ3) is 3.80. The lowest BCUT2D eigenvalue weighted by Crippen LogP contribution is -1.86. The van der Waals surface area contributed by atoms with Gasteiger partial charge in [0.05, 0.1) is 0 Å². The molecule has 0 saturated heterocycles. The summed E-state index contributed by atoms with van der Waals surface area (Å²) in [4.78, 5) is 0. The highest BCUT2D eigenvalue weighted by Gasteiger charge is 2.15. The molecule has 0 aliphatic carbocycles. The summed E-state index contributed by atoms with van der Waals surface area (Å²) in [6, 6.07) is 27.8. The first kappa shape index (κ1) is 22.1. The summed E-state index contributed by atoms with van der Waals surface area (Å²) in [5.74, 6) is 0. The van der Waals surface area contributed by atoms with Gasteiger partial charge in [-0.1, -0.05) is 109 Å². The van der Waals surface area contributed by atoms with Crippen molar-refractivity contribution in [2.24, 2.45) is 0 Å². The lowest BCUT2D eigenvalue weighted by atomic mass is 9.97. The fourth-order valence-corrected chi connectivity index (χ4v) is 4.66. The van der Waals surface area contributed by atoms with Crippen LogP contribution in [0.3, 0.4) is 0 Å². The minimum Gasteiger partial charge on any atom is -0.455 e. The third-order valence-corrected chi connectivity index (χ3v) is 6.56. The topological polar surface area (TPSA) is 13.1 Å². The summed E-state index contributed by atoms with van der Waals surface area (Å²) in [5.41, 5.74) is 6.52. The van der Waals surface area contributed by atoms with Gasteiger partial charge in [0.25, 0.3) is 0 Å². The zero-order valence-electron chi connectivity index (χ0n) is 18.9. The highest BCUT2D eigenvalue weighted by atomic mass is 79.9. The van der Waals surface area contributed by atoms with E-state index in [-0.39, 0.29) is 0 Å². The van der Waals surface area contributed by atoms with Crippen molar-refractivity contribution in [3.05, 3.63) is 101 Å². The fourth-order valence-electron chi connectivity index (χ4n) is 4.21. The average Bonchev–Trinajstić information content (AvgIpc) is 3.25. The molecule has 0 fully saturated rings. The zero-order valence-corrected chi connectivity index (χ0v) is 20.5. The first-order valence-electron chi connectivity index (χ1n) is 11.1. The summed E-state index contributed by atoms with van der Waals surface area (Å²) >= 11 is 3.68. The minimum absolute atomic E-state index is 0.938. The Morgan fingerprint density at radius 3 is 2.22 bits per heavy atom. The number of halogens is 1. The van der Waals surface area contributed by atoms with Gasteiger partial charge in [0.15, 0.2) is 0 Å². The van der Waals surface area contributed by atoms with Gasteiger partial charge in [0.2, 0.25) is 0 Å². The van der Waals surface area contributed by atoms with E-state index in [0.717, 1.165) is 42.9 Å².